The van der Waals surface area contributed by atoms with Crippen LogP contribution in [0.15, 0.2) is 18.2 Å². The highest BCUT2D eigenvalue weighted by molar-refractivity contribution is 5.71. The predicted octanol–water partition coefficient (Wildman–Crippen LogP) is 3.93. The van der Waals surface area contributed by atoms with Crippen molar-refractivity contribution in [1.29, 1.82) is 0 Å². The standard InChI is InChI=1S/C19H26F2N2O4/c1-12-9-22(17(24)27-19(3,4)5)10-13(2)23(12)18(25)26-11-14-15(20)7-6-8-16(14)21/h6-8,12-13H,9-11H2,1-5H3/t12-,13+. The molecule has 1 aliphatic rings. The van der Waals surface area contributed by atoms with Gasteiger partial charge >= 0.3 is 12.2 Å². The lowest BCUT2D eigenvalue weighted by Crippen LogP contribution is -2.60. The zero-order chi connectivity index (χ0) is 20.4. The molecule has 1 saturated heterocycles. The van der Waals surface area contributed by atoms with E-state index in [0.29, 0.717) is 0 Å². The van der Waals surface area contributed by atoms with Gasteiger partial charge in [0.2, 0.25) is 0 Å². The first kappa shape index (κ1) is 20.9. The fourth-order valence-electron chi connectivity index (χ4n) is 3.04. The summed E-state index contributed by atoms with van der Waals surface area (Å²) in [6.45, 7) is 8.97. The lowest BCUT2D eigenvalue weighted by Gasteiger charge is -2.43. The van der Waals surface area contributed by atoms with Crippen molar-refractivity contribution in [2.75, 3.05) is 13.1 Å². The molecule has 1 fully saturated rings. The molecule has 27 heavy (non-hydrogen) atoms. The van der Waals surface area contributed by atoms with E-state index in [1.165, 1.54) is 11.0 Å². The topological polar surface area (TPSA) is 59.1 Å². The summed E-state index contributed by atoms with van der Waals surface area (Å²) in [4.78, 5) is 27.7. The van der Waals surface area contributed by atoms with Crippen molar-refractivity contribution in [2.45, 2.75) is 58.9 Å². The third-order valence-corrected chi connectivity index (χ3v) is 4.18. The van der Waals surface area contributed by atoms with Gasteiger partial charge in [0.15, 0.2) is 0 Å². The first-order chi connectivity index (χ1) is 12.5. The minimum Gasteiger partial charge on any atom is -0.444 e. The number of amides is 2. The lowest BCUT2D eigenvalue weighted by atomic mass is 10.1. The summed E-state index contributed by atoms with van der Waals surface area (Å²) in [6.07, 6.45) is -1.12. The average Bonchev–Trinajstić information content (AvgIpc) is 2.52. The van der Waals surface area contributed by atoms with Crippen LogP contribution in [0.5, 0.6) is 0 Å². The molecule has 8 heteroatoms. The molecule has 0 radical (unpaired) electrons. The first-order valence-corrected chi connectivity index (χ1v) is 8.85. The largest absolute Gasteiger partial charge is 0.444 e. The molecule has 2 rings (SSSR count). The fourth-order valence-corrected chi connectivity index (χ4v) is 3.04. The third kappa shape index (κ3) is 5.30. The van der Waals surface area contributed by atoms with Crippen LogP contribution in [-0.4, -0.2) is 52.8 Å². The predicted molar refractivity (Wildman–Crippen MR) is 95.1 cm³/mol. The van der Waals surface area contributed by atoms with Gasteiger partial charge in [-0.1, -0.05) is 6.07 Å². The van der Waals surface area contributed by atoms with E-state index in [9.17, 15) is 18.4 Å². The monoisotopic (exact) mass is 384 g/mol. The Kier molecular flexibility index (Phi) is 6.28. The molecule has 6 nitrogen and oxygen atoms in total. The van der Waals surface area contributed by atoms with Gasteiger partial charge < -0.3 is 14.4 Å². The number of rotatable bonds is 2. The summed E-state index contributed by atoms with van der Waals surface area (Å²) in [5, 5.41) is 0. The zero-order valence-electron chi connectivity index (χ0n) is 16.3. The summed E-state index contributed by atoms with van der Waals surface area (Å²) >= 11 is 0. The highest BCUT2D eigenvalue weighted by atomic mass is 19.1. The third-order valence-electron chi connectivity index (χ3n) is 4.18. The summed E-state index contributed by atoms with van der Waals surface area (Å²) in [7, 11) is 0. The number of nitrogens with zero attached hydrogens (tertiary/aromatic N) is 2. The number of carbonyl (C=O) groups is 2. The van der Waals surface area contributed by atoms with Gasteiger partial charge in [-0.05, 0) is 46.8 Å². The quantitative estimate of drug-likeness (QED) is 0.775. The number of ether oxygens (including phenoxy) is 2. The summed E-state index contributed by atoms with van der Waals surface area (Å²) in [6, 6.07) is 2.79. The summed E-state index contributed by atoms with van der Waals surface area (Å²) < 4.78 is 37.8. The highest BCUT2D eigenvalue weighted by Gasteiger charge is 2.37. The number of carbonyl (C=O) groups excluding carboxylic acids is 2. The molecule has 1 aliphatic heterocycles. The average molecular weight is 384 g/mol. The molecule has 0 unspecified atom stereocenters. The van der Waals surface area contributed by atoms with Crippen LogP contribution >= 0.6 is 0 Å². The van der Waals surface area contributed by atoms with Crippen LogP contribution in [0.1, 0.15) is 40.2 Å². The van der Waals surface area contributed by atoms with Crippen LogP contribution < -0.4 is 0 Å². The normalized spacial score (nSPS) is 20.4. The Bertz CT molecular complexity index is 673. The molecule has 0 N–H and O–H groups in total. The Hall–Kier alpha value is -2.38. The maximum absolute atomic E-state index is 13.7. The summed E-state index contributed by atoms with van der Waals surface area (Å²) in [5.41, 5.74) is -0.901. The Morgan fingerprint density at radius 2 is 1.59 bits per heavy atom. The molecule has 2 amide bonds. The van der Waals surface area contributed by atoms with Crippen molar-refractivity contribution < 1.29 is 27.8 Å². The molecular weight excluding hydrogens is 358 g/mol. The van der Waals surface area contributed by atoms with E-state index in [0.717, 1.165) is 12.1 Å². The molecule has 1 aromatic rings. The Labute approximate surface area is 158 Å². The van der Waals surface area contributed by atoms with E-state index >= 15 is 0 Å². The van der Waals surface area contributed by atoms with Gasteiger partial charge in [-0.15, -0.1) is 0 Å². The van der Waals surface area contributed by atoms with Gasteiger partial charge in [0, 0.05) is 13.1 Å². The minimum absolute atomic E-state index is 0.280. The second kappa shape index (κ2) is 8.10. The molecule has 150 valence electrons. The SMILES string of the molecule is C[C@@H]1CN(C(=O)OC(C)(C)C)C[C@H](C)N1C(=O)OCc1c(F)cccc1F. The van der Waals surface area contributed by atoms with Gasteiger partial charge in [-0.3, -0.25) is 4.90 Å². The molecule has 0 saturated carbocycles. The van der Waals surface area contributed by atoms with Crippen molar-refractivity contribution in [2.24, 2.45) is 0 Å². The van der Waals surface area contributed by atoms with Gasteiger partial charge in [0.25, 0.3) is 0 Å². The van der Waals surface area contributed by atoms with Crippen LogP contribution in [-0.2, 0) is 16.1 Å². The molecule has 0 bridgehead atoms. The molecule has 0 aliphatic carbocycles. The van der Waals surface area contributed by atoms with Crippen molar-refractivity contribution in [1.82, 2.24) is 9.80 Å². The first-order valence-electron chi connectivity index (χ1n) is 8.85. The molecule has 1 aromatic carbocycles. The number of hydrogen-bond acceptors (Lipinski definition) is 4. The van der Waals surface area contributed by atoms with E-state index < -0.39 is 36.0 Å². The molecular formula is C19H26F2N2O4. The highest BCUT2D eigenvalue weighted by Crippen LogP contribution is 2.21. The minimum atomic E-state index is -0.765. The van der Waals surface area contributed by atoms with E-state index in [4.69, 9.17) is 9.47 Å². The van der Waals surface area contributed by atoms with Crippen molar-refractivity contribution in [3.05, 3.63) is 35.4 Å². The van der Waals surface area contributed by atoms with Crippen LogP contribution in [0, 0.1) is 11.6 Å². The smallest absolute Gasteiger partial charge is 0.410 e. The summed E-state index contributed by atoms with van der Waals surface area (Å²) in [5.74, 6) is -1.53. The maximum atomic E-state index is 13.7. The number of hydrogen-bond donors (Lipinski definition) is 0. The Balaban J connectivity index is 1.99. The van der Waals surface area contributed by atoms with Gasteiger partial charge in [-0.2, -0.15) is 0 Å². The Morgan fingerprint density at radius 3 is 2.07 bits per heavy atom. The van der Waals surface area contributed by atoms with E-state index in [-0.39, 0.29) is 30.7 Å². The van der Waals surface area contributed by atoms with Crippen LogP contribution in [0.2, 0.25) is 0 Å². The zero-order valence-corrected chi connectivity index (χ0v) is 16.3. The van der Waals surface area contributed by atoms with E-state index in [2.05, 4.69) is 0 Å². The van der Waals surface area contributed by atoms with Gasteiger partial charge in [0.1, 0.15) is 23.8 Å². The number of piperazine rings is 1. The van der Waals surface area contributed by atoms with Gasteiger partial charge in [0.05, 0.1) is 17.6 Å². The molecule has 2 atom stereocenters. The second-order valence-corrected chi connectivity index (χ2v) is 7.75. The maximum Gasteiger partial charge on any atom is 0.410 e. The molecule has 0 aromatic heterocycles. The van der Waals surface area contributed by atoms with Crippen LogP contribution in [0.4, 0.5) is 18.4 Å². The van der Waals surface area contributed by atoms with Gasteiger partial charge in [-0.25, -0.2) is 18.4 Å². The van der Waals surface area contributed by atoms with E-state index in [1.54, 1.807) is 39.5 Å². The van der Waals surface area contributed by atoms with E-state index in [1.807, 2.05) is 0 Å². The van der Waals surface area contributed by atoms with Crippen molar-refractivity contribution >= 4 is 12.2 Å². The van der Waals surface area contributed by atoms with Crippen LogP contribution in [0.3, 0.4) is 0 Å². The van der Waals surface area contributed by atoms with Crippen LogP contribution in [0.25, 0.3) is 0 Å². The van der Waals surface area contributed by atoms with Crippen molar-refractivity contribution in [3.63, 3.8) is 0 Å². The molecule has 0 spiro atoms. The molecule has 1 heterocycles. The Morgan fingerprint density at radius 1 is 1.07 bits per heavy atom. The van der Waals surface area contributed by atoms with Crippen molar-refractivity contribution in [3.8, 4) is 0 Å². The number of benzene rings is 1. The second-order valence-electron chi connectivity index (χ2n) is 7.75. The fraction of sp³-hybridized carbons (Fsp3) is 0.579. The lowest BCUT2D eigenvalue weighted by molar-refractivity contribution is -0.00995. The number of halogens is 2.